The molecule has 0 unspecified atom stereocenters. The monoisotopic (exact) mass is 530 g/mol. The summed E-state index contributed by atoms with van der Waals surface area (Å²) in [6.07, 6.45) is 0. The highest BCUT2D eigenvalue weighted by molar-refractivity contribution is 7.80. The number of methoxy groups -OCH3 is 1. The third-order valence-corrected chi connectivity index (χ3v) is 6.01. The van der Waals surface area contributed by atoms with Crippen LogP contribution in [-0.4, -0.2) is 18.1 Å². The SMILES string of the molecule is COc1ccc(-c2cc3ccccc3oc2=O)cc1NC(=S)NC(=O)c1ccc(-c2cccc(Cl)c2)o1. The number of nitrogens with one attached hydrogen (secondary N) is 2. The van der Waals surface area contributed by atoms with Crippen molar-refractivity contribution in [1.82, 2.24) is 5.32 Å². The highest BCUT2D eigenvalue weighted by atomic mass is 35.5. The predicted octanol–water partition coefficient (Wildman–Crippen LogP) is 6.51. The molecule has 0 spiro atoms. The van der Waals surface area contributed by atoms with E-state index in [1.165, 1.54) is 7.11 Å². The molecule has 2 N–H and O–H groups in total. The lowest BCUT2D eigenvalue weighted by molar-refractivity contribution is 0.0951. The van der Waals surface area contributed by atoms with Gasteiger partial charge in [0.05, 0.1) is 18.4 Å². The molecular weight excluding hydrogens is 512 g/mol. The molecule has 0 fully saturated rings. The number of fused-ring (bicyclic) bond motifs is 1. The van der Waals surface area contributed by atoms with Crippen LogP contribution in [-0.2, 0) is 0 Å². The average molecular weight is 531 g/mol. The van der Waals surface area contributed by atoms with Crippen molar-refractivity contribution in [3.05, 3.63) is 106 Å². The smallest absolute Gasteiger partial charge is 0.344 e. The molecule has 1 amide bonds. The van der Waals surface area contributed by atoms with Gasteiger partial charge in [0.1, 0.15) is 17.1 Å². The summed E-state index contributed by atoms with van der Waals surface area (Å²) in [5.41, 5.74) is 2.20. The Kier molecular flexibility index (Phi) is 6.76. The van der Waals surface area contributed by atoms with Gasteiger partial charge >= 0.3 is 5.63 Å². The van der Waals surface area contributed by atoms with E-state index in [9.17, 15) is 9.59 Å². The highest BCUT2D eigenvalue weighted by Crippen LogP contribution is 2.31. The number of thiocarbonyl (C=S) groups is 1. The molecule has 3 aromatic carbocycles. The molecule has 0 bridgehead atoms. The normalized spacial score (nSPS) is 10.8. The first kappa shape index (κ1) is 24.3. The quantitative estimate of drug-likeness (QED) is 0.197. The van der Waals surface area contributed by atoms with Crippen LogP contribution in [0, 0.1) is 0 Å². The lowest BCUT2D eigenvalue weighted by Gasteiger charge is -2.14. The third-order valence-electron chi connectivity index (χ3n) is 5.57. The summed E-state index contributed by atoms with van der Waals surface area (Å²) >= 11 is 11.4. The molecule has 0 atom stereocenters. The van der Waals surface area contributed by atoms with E-state index < -0.39 is 11.5 Å². The summed E-state index contributed by atoms with van der Waals surface area (Å²) in [6, 6.07) is 24.5. The molecule has 0 radical (unpaired) electrons. The standard InChI is InChI=1S/C28H19ClN2O5S/c1-34-24-10-9-16(20-14-18-5-2-3-8-22(18)36-27(20)33)15-21(24)30-28(37)31-26(32)25-12-11-23(35-25)17-6-4-7-19(29)13-17/h2-15H,1H3,(H2,30,31,32,37). The first-order valence-electron chi connectivity index (χ1n) is 11.1. The van der Waals surface area contributed by atoms with Crippen molar-refractivity contribution < 1.29 is 18.4 Å². The number of para-hydroxylation sites is 1. The van der Waals surface area contributed by atoms with Crippen LogP contribution >= 0.6 is 23.8 Å². The van der Waals surface area contributed by atoms with Crippen LogP contribution < -0.4 is 21.0 Å². The number of halogens is 1. The minimum atomic E-state index is -0.531. The zero-order valence-corrected chi connectivity index (χ0v) is 21.0. The number of hydrogen-bond acceptors (Lipinski definition) is 6. The largest absolute Gasteiger partial charge is 0.495 e. The number of carbonyl (C=O) groups is 1. The molecule has 37 heavy (non-hydrogen) atoms. The Morgan fingerprint density at radius 1 is 0.919 bits per heavy atom. The van der Waals surface area contributed by atoms with E-state index in [1.807, 2.05) is 18.2 Å². The van der Waals surface area contributed by atoms with Crippen molar-refractivity contribution in [3.8, 4) is 28.2 Å². The van der Waals surface area contributed by atoms with Gasteiger partial charge in [0.2, 0.25) is 0 Å². The number of benzene rings is 3. The van der Waals surface area contributed by atoms with Crippen molar-refractivity contribution in [3.63, 3.8) is 0 Å². The number of carbonyl (C=O) groups excluding carboxylic acids is 1. The molecule has 2 aromatic heterocycles. The topological polar surface area (TPSA) is 93.7 Å². The van der Waals surface area contributed by atoms with Crippen molar-refractivity contribution >= 4 is 51.5 Å². The molecular formula is C28H19ClN2O5S. The summed E-state index contributed by atoms with van der Waals surface area (Å²) < 4.78 is 16.6. The summed E-state index contributed by atoms with van der Waals surface area (Å²) in [4.78, 5) is 25.4. The van der Waals surface area contributed by atoms with Crippen LogP contribution in [0.4, 0.5) is 5.69 Å². The fourth-order valence-electron chi connectivity index (χ4n) is 3.81. The van der Waals surface area contributed by atoms with E-state index >= 15 is 0 Å². The Morgan fingerprint density at radius 3 is 2.57 bits per heavy atom. The van der Waals surface area contributed by atoms with Gasteiger partial charge < -0.3 is 18.9 Å². The molecule has 0 aliphatic rings. The molecule has 0 aliphatic heterocycles. The fraction of sp³-hybridized carbons (Fsp3) is 0.0357. The van der Waals surface area contributed by atoms with Crippen molar-refractivity contribution in [1.29, 1.82) is 0 Å². The molecule has 184 valence electrons. The number of furan rings is 1. The van der Waals surface area contributed by atoms with Crippen molar-refractivity contribution in [2.24, 2.45) is 0 Å². The lowest BCUT2D eigenvalue weighted by atomic mass is 10.0. The van der Waals surface area contributed by atoms with E-state index in [-0.39, 0.29) is 10.9 Å². The highest BCUT2D eigenvalue weighted by Gasteiger charge is 2.16. The van der Waals surface area contributed by atoms with Crippen LogP contribution in [0.15, 0.2) is 98.6 Å². The number of hydrogen-bond donors (Lipinski definition) is 2. The van der Waals surface area contributed by atoms with Crippen LogP contribution in [0.1, 0.15) is 10.6 Å². The van der Waals surface area contributed by atoms with Crippen molar-refractivity contribution in [2.75, 3.05) is 12.4 Å². The minimum Gasteiger partial charge on any atom is -0.495 e. The summed E-state index contributed by atoms with van der Waals surface area (Å²) in [5, 5.41) is 6.92. The van der Waals surface area contributed by atoms with Gasteiger partial charge in [-0.1, -0.05) is 48.0 Å². The predicted molar refractivity (Wildman–Crippen MR) is 147 cm³/mol. The molecule has 7 nitrogen and oxygen atoms in total. The molecule has 5 rings (SSSR count). The maximum Gasteiger partial charge on any atom is 0.344 e. The van der Waals surface area contributed by atoms with Gasteiger partial charge in [-0.05, 0) is 66.3 Å². The van der Waals surface area contributed by atoms with Gasteiger partial charge in [0.25, 0.3) is 5.91 Å². The Bertz CT molecular complexity index is 1710. The average Bonchev–Trinajstić information content (AvgIpc) is 3.39. The molecule has 9 heteroatoms. The van der Waals surface area contributed by atoms with Crippen LogP contribution in [0.5, 0.6) is 5.75 Å². The van der Waals surface area contributed by atoms with Gasteiger partial charge in [0, 0.05) is 16.0 Å². The van der Waals surface area contributed by atoms with E-state index in [0.717, 1.165) is 10.9 Å². The summed E-state index contributed by atoms with van der Waals surface area (Å²) in [7, 11) is 1.51. The molecule has 2 heterocycles. The second-order valence-corrected chi connectivity index (χ2v) is 8.83. The van der Waals surface area contributed by atoms with E-state index in [2.05, 4.69) is 10.6 Å². The zero-order valence-electron chi connectivity index (χ0n) is 19.4. The van der Waals surface area contributed by atoms with E-state index in [1.54, 1.807) is 66.7 Å². The van der Waals surface area contributed by atoms with Crippen LogP contribution in [0.3, 0.4) is 0 Å². The molecule has 0 aliphatic carbocycles. The number of anilines is 1. The Balaban J connectivity index is 1.35. The maximum absolute atomic E-state index is 12.7. The van der Waals surface area contributed by atoms with E-state index in [4.69, 9.17) is 37.4 Å². The van der Waals surface area contributed by atoms with Gasteiger partial charge in [0.15, 0.2) is 10.9 Å². The second kappa shape index (κ2) is 10.3. The molecule has 0 saturated carbocycles. The van der Waals surface area contributed by atoms with Gasteiger partial charge in [-0.25, -0.2) is 4.79 Å². The van der Waals surface area contributed by atoms with Gasteiger partial charge in [-0.3, -0.25) is 10.1 Å². The molecule has 5 aromatic rings. The zero-order chi connectivity index (χ0) is 25.9. The lowest BCUT2D eigenvalue weighted by Crippen LogP contribution is -2.34. The fourth-order valence-corrected chi connectivity index (χ4v) is 4.20. The van der Waals surface area contributed by atoms with E-state index in [0.29, 0.717) is 38.9 Å². The van der Waals surface area contributed by atoms with Gasteiger partial charge in [-0.2, -0.15) is 0 Å². The van der Waals surface area contributed by atoms with Crippen LogP contribution in [0.2, 0.25) is 5.02 Å². The second-order valence-electron chi connectivity index (χ2n) is 7.98. The number of ether oxygens (including phenoxy) is 1. The number of amides is 1. The van der Waals surface area contributed by atoms with Crippen molar-refractivity contribution in [2.45, 2.75) is 0 Å². The Hall–Kier alpha value is -4.40. The van der Waals surface area contributed by atoms with Crippen LogP contribution in [0.25, 0.3) is 33.4 Å². The molecule has 0 saturated heterocycles. The number of rotatable bonds is 5. The Labute approximate surface area is 221 Å². The van der Waals surface area contributed by atoms with Gasteiger partial charge in [-0.15, -0.1) is 0 Å². The first-order valence-corrected chi connectivity index (χ1v) is 11.9. The Morgan fingerprint density at radius 2 is 1.76 bits per heavy atom. The summed E-state index contributed by atoms with van der Waals surface area (Å²) in [5.74, 6) is 0.506. The minimum absolute atomic E-state index is 0.0201. The third kappa shape index (κ3) is 5.25. The maximum atomic E-state index is 12.7. The summed E-state index contributed by atoms with van der Waals surface area (Å²) in [6.45, 7) is 0. The first-order chi connectivity index (χ1) is 17.9.